The number of hydrogen-bond donors (Lipinski definition) is 6. The highest BCUT2D eigenvalue weighted by molar-refractivity contribution is 5.76. The van der Waals surface area contributed by atoms with Gasteiger partial charge in [0.25, 0.3) is 0 Å². The summed E-state index contributed by atoms with van der Waals surface area (Å²) in [5.74, 6) is -0.147. The molecule has 7 unspecified atom stereocenters. The van der Waals surface area contributed by atoms with E-state index in [1.807, 2.05) is 0 Å². The van der Waals surface area contributed by atoms with Crippen molar-refractivity contribution in [1.82, 2.24) is 5.32 Å². The van der Waals surface area contributed by atoms with E-state index < -0.39 is 49.5 Å². The standard InChI is InChI=1S/C52H99NO8/c1-3-5-7-9-11-13-15-17-19-21-22-23-24-26-28-30-32-34-36-38-40-42-48(56)53-45(44-60-52-51(59)50(58)49(57)47(43-54)61-52)46(55)41-39-37-35-33-31-29-27-25-20-18-16-14-12-10-8-6-4-2/h15,17,21-22,45-47,49-52,54-55,57-59H,3-14,16,18-20,23-44H2,1-2H3,(H,53,56)/b17-15-,22-21-. The molecular weight excluding hydrogens is 767 g/mol. The van der Waals surface area contributed by atoms with Crippen LogP contribution in [0.4, 0.5) is 0 Å². The zero-order chi connectivity index (χ0) is 44.4. The highest BCUT2D eigenvalue weighted by atomic mass is 16.7. The average molecular weight is 866 g/mol. The lowest BCUT2D eigenvalue weighted by molar-refractivity contribution is -0.302. The van der Waals surface area contributed by atoms with Gasteiger partial charge >= 0.3 is 0 Å². The number of rotatable bonds is 44. The van der Waals surface area contributed by atoms with Gasteiger partial charge in [0.1, 0.15) is 24.4 Å². The summed E-state index contributed by atoms with van der Waals surface area (Å²) in [5, 5.41) is 54.5. The first-order valence-corrected chi connectivity index (χ1v) is 26.0. The van der Waals surface area contributed by atoms with Gasteiger partial charge in [0, 0.05) is 6.42 Å². The lowest BCUT2D eigenvalue weighted by Gasteiger charge is -2.40. The molecule has 360 valence electrons. The fraction of sp³-hybridized carbons (Fsp3) is 0.904. The number of hydrogen-bond acceptors (Lipinski definition) is 8. The maximum atomic E-state index is 13.0. The van der Waals surface area contributed by atoms with Crippen LogP contribution < -0.4 is 5.32 Å². The Kier molecular flexibility index (Phi) is 40.3. The maximum absolute atomic E-state index is 13.0. The minimum atomic E-state index is -1.55. The van der Waals surface area contributed by atoms with E-state index in [9.17, 15) is 30.3 Å². The third-order valence-corrected chi connectivity index (χ3v) is 12.6. The van der Waals surface area contributed by atoms with Crippen molar-refractivity contribution in [2.24, 2.45) is 0 Å². The van der Waals surface area contributed by atoms with Gasteiger partial charge in [0.05, 0.1) is 25.4 Å². The molecule has 0 aromatic rings. The van der Waals surface area contributed by atoms with Crippen LogP contribution in [-0.2, 0) is 14.3 Å². The molecule has 9 nitrogen and oxygen atoms in total. The fourth-order valence-corrected chi connectivity index (χ4v) is 8.37. The third kappa shape index (κ3) is 32.9. The highest BCUT2D eigenvalue weighted by Crippen LogP contribution is 2.23. The van der Waals surface area contributed by atoms with Crippen LogP contribution in [0.5, 0.6) is 0 Å². The number of amides is 1. The van der Waals surface area contributed by atoms with Crippen LogP contribution in [0.2, 0.25) is 0 Å². The van der Waals surface area contributed by atoms with Gasteiger partial charge in [-0.05, 0) is 44.9 Å². The molecule has 0 saturated carbocycles. The van der Waals surface area contributed by atoms with Crippen LogP contribution in [0.15, 0.2) is 24.3 Å². The Morgan fingerprint density at radius 2 is 0.967 bits per heavy atom. The molecule has 0 aromatic carbocycles. The quantitative estimate of drug-likeness (QED) is 0.0262. The van der Waals surface area contributed by atoms with Crippen molar-refractivity contribution >= 4 is 5.91 Å². The van der Waals surface area contributed by atoms with Gasteiger partial charge in [-0.3, -0.25) is 4.79 Å². The summed E-state index contributed by atoms with van der Waals surface area (Å²) in [6.45, 7) is 3.84. The smallest absolute Gasteiger partial charge is 0.220 e. The summed E-state index contributed by atoms with van der Waals surface area (Å²) in [4.78, 5) is 13.0. The van der Waals surface area contributed by atoms with Crippen LogP contribution in [0, 0.1) is 0 Å². The van der Waals surface area contributed by atoms with Gasteiger partial charge in [-0.1, -0.05) is 218 Å². The van der Waals surface area contributed by atoms with Crippen LogP contribution in [0.25, 0.3) is 0 Å². The van der Waals surface area contributed by atoms with Crippen molar-refractivity contribution < 1.29 is 39.8 Å². The molecule has 0 bridgehead atoms. The highest BCUT2D eigenvalue weighted by Gasteiger charge is 2.44. The van der Waals surface area contributed by atoms with E-state index in [2.05, 4.69) is 43.5 Å². The predicted molar refractivity (Wildman–Crippen MR) is 253 cm³/mol. The molecule has 1 rings (SSSR count). The Balaban J connectivity index is 2.26. The van der Waals surface area contributed by atoms with Gasteiger partial charge in [0.15, 0.2) is 6.29 Å². The number of ether oxygens (including phenoxy) is 2. The van der Waals surface area contributed by atoms with Crippen LogP contribution >= 0.6 is 0 Å². The van der Waals surface area contributed by atoms with E-state index in [4.69, 9.17) is 9.47 Å². The SMILES string of the molecule is CCCCCCC/C=C\C/C=C\CCCCCCCCCCCC(=O)NC(COC1OC(CO)C(O)C(O)C1O)C(O)CCCCCCCCCCCCCCCCCCC. The predicted octanol–water partition coefficient (Wildman–Crippen LogP) is 11.8. The van der Waals surface area contributed by atoms with Gasteiger partial charge in [-0.15, -0.1) is 0 Å². The molecule has 1 aliphatic rings. The number of nitrogens with one attached hydrogen (secondary N) is 1. The van der Waals surface area contributed by atoms with Crippen molar-refractivity contribution in [3.05, 3.63) is 24.3 Å². The zero-order valence-electron chi connectivity index (χ0n) is 39.7. The molecule has 0 aromatic heterocycles. The molecule has 7 atom stereocenters. The molecule has 1 saturated heterocycles. The van der Waals surface area contributed by atoms with Gasteiger partial charge < -0.3 is 40.3 Å². The van der Waals surface area contributed by atoms with Gasteiger partial charge in [-0.2, -0.15) is 0 Å². The molecule has 0 radical (unpaired) electrons. The van der Waals surface area contributed by atoms with E-state index >= 15 is 0 Å². The Bertz CT molecular complexity index is 1010. The fourth-order valence-electron chi connectivity index (χ4n) is 8.37. The molecule has 1 amide bonds. The van der Waals surface area contributed by atoms with Crippen molar-refractivity contribution in [2.45, 2.75) is 288 Å². The van der Waals surface area contributed by atoms with Crippen LogP contribution in [0.1, 0.15) is 245 Å². The van der Waals surface area contributed by atoms with Crippen LogP contribution in [-0.4, -0.2) is 87.5 Å². The minimum Gasteiger partial charge on any atom is -0.394 e. The number of allylic oxidation sites excluding steroid dienone is 4. The second-order valence-corrected chi connectivity index (χ2v) is 18.3. The summed E-state index contributed by atoms with van der Waals surface area (Å²) < 4.78 is 11.3. The maximum Gasteiger partial charge on any atom is 0.220 e. The number of carbonyl (C=O) groups excluding carboxylic acids is 1. The first-order chi connectivity index (χ1) is 29.8. The molecular formula is C52H99NO8. The van der Waals surface area contributed by atoms with Crippen LogP contribution in [0.3, 0.4) is 0 Å². The number of carbonyl (C=O) groups is 1. The van der Waals surface area contributed by atoms with E-state index in [0.717, 1.165) is 44.9 Å². The Morgan fingerprint density at radius 3 is 1.41 bits per heavy atom. The normalized spacial score (nSPS) is 20.5. The van der Waals surface area contributed by atoms with Gasteiger partial charge in [0.2, 0.25) is 5.91 Å². The second-order valence-electron chi connectivity index (χ2n) is 18.3. The number of aliphatic hydroxyl groups is 5. The molecule has 6 N–H and O–H groups in total. The summed E-state index contributed by atoms with van der Waals surface area (Å²) in [7, 11) is 0. The monoisotopic (exact) mass is 866 g/mol. The Hall–Kier alpha value is -1.33. The topological polar surface area (TPSA) is 149 Å². The largest absolute Gasteiger partial charge is 0.394 e. The van der Waals surface area contributed by atoms with Crippen molar-refractivity contribution in [3.63, 3.8) is 0 Å². The molecule has 9 heteroatoms. The Morgan fingerprint density at radius 1 is 0.557 bits per heavy atom. The lowest BCUT2D eigenvalue weighted by atomic mass is 9.99. The van der Waals surface area contributed by atoms with Crippen molar-refractivity contribution in [2.75, 3.05) is 13.2 Å². The molecule has 1 aliphatic heterocycles. The molecule has 1 heterocycles. The molecule has 0 spiro atoms. The lowest BCUT2D eigenvalue weighted by Crippen LogP contribution is -2.60. The van der Waals surface area contributed by atoms with Gasteiger partial charge in [-0.25, -0.2) is 0 Å². The summed E-state index contributed by atoms with van der Waals surface area (Å²) in [5.41, 5.74) is 0. The van der Waals surface area contributed by atoms with E-state index in [0.29, 0.717) is 12.8 Å². The third-order valence-electron chi connectivity index (χ3n) is 12.6. The average Bonchev–Trinajstić information content (AvgIpc) is 3.26. The van der Waals surface area contributed by atoms with E-state index in [1.54, 1.807) is 0 Å². The second kappa shape index (κ2) is 42.6. The van der Waals surface area contributed by atoms with Crippen molar-refractivity contribution in [1.29, 1.82) is 0 Å². The zero-order valence-corrected chi connectivity index (χ0v) is 39.7. The first-order valence-electron chi connectivity index (χ1n) is 26.0. The summed E-state index contributed by atoms with van der Waals surface area (Å²) in [6, 6.07) is -0.719. The summed E-state index contributed by atoms with van der Waals surface area (Å²) in [6.07, 6.45) is 44.7. The molecule has 0 aliphatic carbocycles. The molecule has 61 heavy (non-hydrogen) atoms. The number of aliphatic hydroxyl groups excluding tert-OH is 5. The van der Waals surface area contributed by atoms with Crippen molar-refractivity contribution in [3.8, 4) is 0 Å². The summed E-state index contributed by atoms with van der Waals surface area (Å²) >= 11 is 0. The molecule has 1 fully saturated rings. The van der Waals surface area contributed by atoms with E-state index in [1.165, 1.54) is 173 Å². The van der Waals surface area contributed by atoms with E-state index in [-0.39, 0.29) is 12.5 Å². The minimum absolute atomic E-state index is 0.137. The first kappa shape index (κ1) is 57.7. The Labute approximate surface area is 375 Å². The number of unbranched alkanes of at least 4 members (excludes halogenated alkanes) is 30.